The third-order valence-electron chi connectivity index (χ3n) is 6.76. The Hall–Kier alpha value is -3.19. The van der Waals surface area contributed by atoms with Crippen molar-refractivity contribution in [2.75, 3.05) is 6.61 Å². The van der Waals surface area contributed by atoms with Crippen LogP contribution in [0, 0.1) is 0 Å². The monoisotopic (exact) mass is 527 g/mol. The van der Waals surface area contributed by atoms with Gasteiger partial charge in [0.2, 0.25) is 0 Å². The van der Waals surface area contributed by atoms with E-state index in [2.05, 4.69) is 19.1 Å². The van der Waals surface area contributed by atoms with Crippen LogP contribution in [0.2, 0.25) is 0 Å². The molecule has 204 valence electrons. The molecule has 0 aliphatic carbocycles. The normalized spacial score (nSPS) is 13.3. The van der Waals surface area contributed by atoms with Crippen molar-refractivity contribution >= 4 is 5.97 Å². The van der Waals surface area contributed by atoms with Gasteiger partial charge in [-0.1, -0.05) is 61.9 Å². The van der Waals surface area contributed by atoms with Crippen LogP contribution in [0.15, 0.2) is 66.9 Å². The maximum absolute atomic E-state index is 12.9. The van der Waals surface area contributed by atoms with Gasteiger partial charge < -0.3 is 9.84 Å². The number of aryl methyl sites for hydroxylation is 1. The summed E-state index contributed by atoms with van der Waals surface area (Å²) in [6.45, 7) is 3.09. The molecule has 0 fully saturated rings. The summed E-state index contributed by atoms with van der Waals surface area (Å²) < 4.78 is 43.9. The standard InChI is InChI=1S/C31H36F3NO3/c1-3-4-9-23-14-17-29(35-21-23)28-20-26(15-16-27(28)25-10-6-5-7-11-25)24(12-8-13-30(36)37)18-19-38-22(2)31(32,33)34/h5-7,10-11,14-17,20-22,24H,3-4,8-9,12-13,18-19H2,1-2H3,(H,36,37). The highest BCUT2D eigenvalue weighted by atomic mass is 19.4. The van der Waals surface area contributed by atoms with Crippen molar-refractivity contribution in [3.05, 3.63) is 78.0 Å². The smallest absolute Gasteiger partial charge is 0.414 e. The molecule has 4 nitrogen and oxygen atoms in total. The van der Waals surface area contributed by atoms with E-state index in [1.165, 1.54) is 5.56 Å². The van der Waals surface area contributed by atoms with Crippen LogP contribution in [0.4, 0.5) is 13.2 Å². The number of unbranched alkanes of at least 4 members (excludes halogenated alkanes) is 1. The Labute approximate surface area is 222 Å². The van der Waals surface area contributed by atoms with Crippen LogP contribution >= 0.6 is 0 Å². The van der Waals surface area contributed by atoms with E-state index in [-0.39, 0.29) is 18.9 Å². The van der Waals surface area contributed by atoms with Crippen molar-refractivity contribution < 1.29 is 27.8 Å². The van der Waals surface area contributed by atoms with Gasteiger partial charge in [0.15, 0.2) is 6.10 Å². The zero-order valence-electron chi connectivity index (χ0n) is 22.0. The number of pyridine rings is 1. The van der Waals surface area contributed by atoms with Crippen LogP contribution in [0.1, 0.15) is 69.4 Å². The van der Waals surface area contributed by atoms with Gasteiger partial charge in [0.25, 0.3) is 0 Å². The van der Waals surface area contributed by atoms with E-state index in [4.69, 9.17) is 14.8 Å². The Bertz CT molecular complexity index is 1150. The molecule has 0 amide bonds. The predicted octanol–water partition coefficient (Wildman–Crippen LogP) is 8.45. The fourth-order valence-electron chi connectivity index (χ4n) is 4.47. The molecule has 1 N–H and O–H groups in total. The number of carboxylic acid groups (broad SMARTS) is 1. The lowest BCUT2D eigenvalue weighted by molar-refractivity contribution is -0.214. The second-order valence-electron chi connectivity index (χ2n) is 9.65. The van der Waals surface area contributed by atoms with Gasteiger partial charge in [-0.2, -0.15) is 13.2 Å². The molecule has 2 atom stereocenters. The van der Waals surface area contributed by atoms with Gasteiger partial charge in [-0.25, -0.2) is 0 Å². The zero-order chi connectivity index (χ0) is 27.5. The lowest BCUT2D eigenvalue weighted by Gasteiger charge is -2.22. The number of carbonyl (C=O) groups is 1. The van der Waals surface area contributed by atoms with Crippen LogP contribution in [-0.2, 0) is 16.0 Å². The number of alkyl halides is 3. The van der Waals surface area contributed by atoms with E-state index >= 15 is 0 Å². The third kappa shape index (κ3) is 8.69. The molecule has 3 aromatic rings. The van der Waals surface area contributed by atoms with E-state index in [0.717, 1.165) is 54.1 Å². The number of hydrogen-bond acceptors (Lipinski definition) is 3. The van der Waals surface area contributed by atoms with Gasteiger partial charge in [-0.05, 0) is 79.3 Å². The van der Waals surface area contributed by atoms with Gasteiger partial charge in [-0.15, -0.1) is 0 Å². The lowest BCUT2D eigenvalue weighted by Crippen LogP contribution is -2.29. The number of aliphatic carboxylic acids is 1. The first kappa shape index (κ1) is 29.4. The first-order chi connectivity index (χ1) is 18.2. The van der Waals surface area contributed by atoms with Gasteiger partial charge in [0, 0.05) is 24.8 Å². The Morgan fingerprint density at radius 3 is 2.39 bits per heavy atom. The lowest BCUT2D eigenvalue weighted by atomic mass is 9.86. The van der Waals surface area contributed by atoms with Crippen molar-refractivity contribution in [2.24, 2.45) is 0 Å². The van der Waals surface area contributed by atoms with Gasteiger partial charge in [-0.3, -0.25) is 9.78 Å². The quantitative estimate of drug-likeness (QED) is 0.228. The summed E-state index contributed by atoms with van der Waals surface area (Å²) in [7, 11) is 0. The summed E-state index contributed by atoms with van der Waals surface area (Å²) in [6.07, 6.45) is 0.125. The Morgan fingerprint density at radius 2 is 1.76 bits per heavy atom. The molecule has 2 aromatic carbocycles. The van der Waals surface area contributed by atoms with E-state index in [1.54, 1.807) is 0 Å². The number of hydrogen-bond donors (Lipinski definition) is 1. The van der Waals surface area contributed by atoms with Crippen LogP contribution < -0.4 is 0 Å². The van der Waals surface area contributed by atoms with E-state index in [1.807, 2.05) is 54.7 Å². The molecule has 0 saturated carbocycles. The number of carboxylic acids is 1. The van der Waals surface area contributed by atoms with Crippen molar-refractivity contribution in [2.45, 2.75) is 77.0 Å². The molecule has 7 heteroatoms. The van der Waals surface area contributed by atoms with Gasteiger partial charge >= 0.3 is 12.1 Å². The molecule has 0 radical (unpaired) electrons. The van der Waals surface area contributed by atoms with Crippen LogP contribution in [0.25, 0.3) is 22.4 Å². The van der Waals surface area contributed by atoms with Crippen molar-refractivity contribution in [1.82, 2.24) is 4.98 Å². The number of rotatable bonds is 14. The highest BCUT2D eigenvalue weighted by Gasteiger charge is 2.36. The minimum absolute atomic E-state index is 0.00600. The molecule has 38 heavy (non-hydrogen) atoms. The largest absolute Gasteiger partial charge is 0.481 e. The van der Waals surface area contributed by atoms with Crippen LogP contribution in [0.5, 0.6) is 0 Å². The SMILES string of the molecule is CCCCc1ccc(-c2cc(C(CCCC(=O)O)CCOC(C)C(F)(F)F)ccc2-c2ccccc2)nc1. The average molecular weight is 528 g/mol. The first-order valence-corrected chi connectivity index (χ1v) is 13.2. The summed E-state index contributed by atoms with van der Waals surface area (Å²) in [6, 6.07) is 20.1. The molecule has 2 unspecified atom stereocenters. The number of ether oxygens (including phenoxy) is 1. The van der Waals surface area contributed by atoms with Gasteiger partial charge in [0.05, 0.1) is 5.69 Å². The maximum Gasteiger partial charge on any atom is 0.414 e. The van der Waals surface area contributed by atoms with E-state index in [0.29, 0.717) is 19.3 Å². The van der Waals surface area contributed by atoms with Crippen LogP contribution in [0.3, 0.4) is 0 Å². The Kier molecular flexibility index (Phi) is 10.9. The first-order valence-electron chi connectivity index (χ1n) is 13.2. The number of benzene rings is 2. The minimum Gasteiger partial charge on any atom is -0.481 e. The van der Waals surface area contributed by atoms with Gasteiger partial charge in [0.1, 0.15) is 0 Å². The fraction of sp³-hybridized carbons (Fsp3) is 0.419. The van der Waals surface area contributed by atoms with Crippen molar-refractivity contribution in [1.29, 1.82) is 0 Å². The summed E-state index contributed by atoms with van der Waals surface area (Å²) in [5.41, 5.74) is 5.91. The molecule has 1 aromatic heterocycles. The highest BCUT2D eigenvalue weighted by molar-refractivity contribution is 5.82. The fourth-order valence-corrected chi connectivity index (χ4v) is 4.47. The molecule has 0 aliphatic rings. The van der Waals surface area contributed by atoms with E-state index in [9.17, 15) is 18.0 Å². The topological polar surface area (TPSA) is 59.4 Å². The molecule has 0 aliphatic heterocycles. The summed E-state index contributed by atoms with van der Waals surface area (Å²) >= 11 is 0. The number of nitrogens with zero attached hydrogens (tertiary/aromatic N) is 1. The summed E-state index contributed by atoms with van der Waals surface area (Å²) in [5.74, 6) is -1.04. The molecule has 0 bridgehead atoms. The third-order valence-corrected chi connectivity index (χ3v) is 6.76. The van der Waals surface area contributed by atoms with Crippen molar-refractivity contribution in [3.63, 3.8) is 0 Å². The minimum atomic E-state index is -4.42. The average Bonchev–Trinajstić information content (AvgIpc) is 2.90. The van der Waals surface area contributed by atoms with E-state index < -0.39 is 18.2 Å². The highest BCUT2D eigenvalue weighted by Crippen LogP contribution is 2.36. The summed E-state index contributed by atoms with van der Waals surface area (Å²) in [4.78, 5) is 15.9. The van der Waals surface area contributed by atoms with Crippen LogP contribution in [-0.4, -0.2) is 34.9 Å². The Morgan fingerprint density at radius 1 is 1.00 bits per heavy atom. The Balaban J connectivity index is 1.94. The molecule has 1 heterocycles. The molecular formula is C31H36F3NO3. The van der Waals surface area contributed by atoms with Crippen molar-refractivity contribution in [3.8, 4) is 22.4 Å². The number of aromatic nitrogens is 1. The molecule has 3 rings (SSSR count). The zero-order valence-corrected chi connectivity index (χ0v) is 22.0. The molecule has 0 spiro atoms. The second kappa shape index (κ2) is 14.1. The number of halogens is 3. The molecule has 0 saturated heterocycles. The second-order valence-corrected chi connectivity index (χ2v) is 9.65. The maximum atomic E-state index is 12.9. The predicted molar refractivity (Wildman–Crippen MR) is 144 cm³/mol. The molecular weight excluding hydrogens is 491 g/mol. The summed E-state index contributed by atoms with van der Waals surface area (Å²) in [5, 5.41) is 9.11.